The van der Waals surface area contributed by atoms with E-state index in [4.69, 9.17) is 4.74 Å². The summed E-state index contributed by atoms with van der Waals surface area (Å²) in [7, 11) is -3.19. The first kappa shape index (κ1) is 21.0. The van der Waals surface area contributed by atoms with Gasteiger partial charge in [0.25, 0.3) is 11.6 Å². The van der Waals surface area contributed by atoms with E-state index in [1.165, 1.54) is 36.4 Å². The van der Waals surface area contributed by atoms with Gasteiger partial charge in [0.15, 0.2) is 16.4 Å². The molecule has 0 saturated heterocycles. The number of aryl methyl sites for hydroxylation is 1. The number of nitrogens with zero attached hydrogens (tertiary/aromatic N) is 1. The van der Waals surface area contributed by atoms with Crippen LogP contribution in [0.4, 0.5) is 11.4 Å². The van der Waals surface area contributed by atoms with Gasteiger partial charge >= 0.3 is 5.97 Å². The number of carbonyl (C=O) groups is 2. The number of nitro groups is 1. The lowest BCUT2D eigenvalue weighted by Crippen LogP contribution is -2.21. The van der Waals surface area contributed by atoms with E-state index in [1.807, 2.05) is 0 Å². The number of nitrogens with one attached hydrogen (secondary N) is 1. The molecule has 1 N–H and O–H groups in total. The van der Waals surface area contributed by atoms with Crippen LogP contribution in [-0.2, 0) is 25.1 Å². The number of anilines is 1. The fourth-order valence-corrected chi connectivity index (χ4v) is 3.14. The summed E-state index contributed by atoms with van der Waals surface area (Å²) in [6, 6.07) is 10.1. The van der Waals surface area contributed by atoms with Crippen molar-refractivity contribution in [2.45, 2.75) is 12.7 Å². The van der Waals surface area contributed by atoms with Gasteiger partial charge in [0.05, 0.1) is 16.2 Å². The molecule has 0 unspecified atom stereocenters. The van der Waals surface area contributed by atoms with Crippen molar-refractivity contribution >= 4 is 33.1 Å². The zero-order chi connectivity index (χ0) is 20.9. The zero-order valence-corrected chi connectivity index (χ0v) is 16.0. The van der Waals surface area contributed by atoms with Gasteiger partial charge in [-0.15, -0.1) is 0 Å². The molecule has 0 aliphatic carbocycles. The maximum atomic E-state index is 12.0. The number of sulfone groups is 1. The molecule has 2 aromatic rings. The molecule has 2 rings (SSSR count). The number of carbonyl (C=O) groups excluding carboxylic acids is 2. The van der Waals surface area contributed by atoms with Crippen molar-refractivity contribution in [2.75, 3.05) is 18.2 Å². The summed E-state index contributed by atoms with van der Waals surface area (Å²) in [6.07, 6.45) is 1.10. The van der Waals surface area contributed by atoms with Gasteiger partial charge in [-0.05, 0) is 36.2 Å². The minimum atomic E-state index is -3.19. The average molecular weight is 406 g/mol. The Morgan fingerprint density at radius 2 is 1.79 bits per heavy atom. The van der Waals surface area contributed by atoms with Crippen LogP contribution in [0.25, 0.3) is 0 Å². The molecule has 9 nitrogen and oxygen atoms in total. The summed E-state index contributed by atoms with van der Waals surface area (Å²) in [5.74, 6) is -1.66. The second-order valence-corrected chi connectivity index (χ2v) is 8.31. The Bertz CT molecular complexity index is 1010. The third-order valence-electron chi connectivity index (χ3n) is 3.58. The minimum Gasteiger partial charge on any atom is -0.452 e. The smallest absolute Gasteiger partial charge is 0.338 e. The number of nitro benzene ring substituents is 1. The van der Waals surface area contributed by atoms with Crippen LogP contribution in [0, 0.1) is 17.0 Å². The van der Waals surface area contributed by atoms with E-state index in [0.29, 0.717) is 11.1 Å². The summed E-state index contributed by atoms with van der Waals surface area (Å²) >= 11 is 0. The molecule has 28 heavy (non-hydrogen) atoms. The molecule has 0 aromatic heterocycles. The van der Waals surface area contributed by atoms with Crippen LogP contribution < -0.4 is 5.32 Å². The highest BCUT2D eigenvalue weighted by atomic mass is 32.2. The second kappa shape index (κ2) is 8.61. The third-order valence-corrected chi connectivity index (χ3v) is 4.43. The Balaban J connectivity index is 1.96. The topological polar surface area (TPSA) is 133 Å². The van der Waals surface area contributed by atoms with Gasteiger partial charge in [0.2, 0.25) is 0 Å². The molecular weight excluding hydrogens is 388 g/mol. The molecule has 0 atom stereocenters. The zero-order valence-electron chi connectivity index (χ0n) is 15.2. The summed E-state index contributed by atoms with van der Waals surface area (Å²) in [5, 5.41) is 13.4. The van der Waals surface area contributed by atoms with Crippen molar-refractivity contribution in [2.24, 2.45) is 0 Å². The highest BCUT2D eigenvalue weighted by molar-refractivity contribution is 7.89. The summed E-state index contributed by atoms with van der Waals surface area (Å²) in [6.45, 7) is 1.05. The SMILES string of the molecule is Cc1ccc(NC(=O)COC(=O)c2ccc(CS(C)(=O)=O)cc2)c([N+](=O)[O-])c1. The van der Waals surface area contributed by atoms with Crippen LogP contribution in [0.5, 0.6) is 0 Å². The van der Waals surface area contributed by atoms with Crippen molar-refractivity contribution in [3.8, 4) is 0 Å². The van der Waals surface area contributed by atoms with E-state index in [1.54, 1.807) is 13.0 Å². The highest BCUT2D eigenvalue weighted by Crippen LogP contribution is 2.25. The number of amides is 1. The van der Waals surface area contributed by atoms with Crippen molar-refractivity contribution in [1.29, 1.82) is 0 Å². The fourth-order valence-electron chi connectivity index (χ4n) is 2.34. The molecule has 0 aliphatic rings. The van der Waals surface area contributed by atoms with Crippen LogP contribution >= 0.6 is 0 Å². The monoisotopic (exact) mass is 406 g/mol. The standard InChI is InChI=1S/C18H18N2O7S/c1-12-3-8-15(16(9-12)20(23)24)19-17(21)10-27-18(22)14-6-4-13(5-7-14)11-28(2,25)26/h3-9H,10-11H2,1-2H3,(H,19,21). The first-order chi connectivity index (χ1) is 13.0. The average Bonchev–Trinajstić information content (AvgIpc) is 2.60. The van der Waals surface area contributed by atoms with Gasteiger partial charge in [0, 0.05) is 12.3 Å². The molecule has 0 bridgehead atoms. The summed E-state index contributed by atoms with van der Waals surface area (Å²) in [5.41, 5.74) is 1.06. The first-order valence-corrected chi connectivity index (χ1v) is 10.1. The van der Waals surface area contributed by atoms with Crippen molar-refractivity contribution < 1.29 is 27.7 Å². The van der Waals surface area contributed by atoms with E-state index in [9.17, 15) is 28.1 Å². The number of esters is 1. The lowest BCUT2D eigenvalue weighted by atomic mass is 10.1. The molecule has 0 spiro atoms. The van der Waals surface area contributed by atoms with Crippen LogP contribution in [0.15, 0.2) is 42.5 Å². The Kier molecular flexibility index (Phi) is 6.47. The maximum Gasteiger partial charge on any atom is 0.338 e. The normalized spacial score (nSPS) is 10.9. The molecule has 0 radical (unpaired) electrons. The van der Waals surface area contributed by atoms with Crippen molar-refractivity contribution in [1.82, 2.24) is 0 Å². The number of hydrogen-bond donors (Lipinski definition) is 1. The first-order valence-electron chi connectivity index (χ1n) is 8.04. The van der Waals surface area contributed by atoms with E-state index in [-0.39, 0.29) is 22.7 Å². The largest absolute Gasteiger partial charge is 0.452 e. The molecule has 0 aliphatic heterocycles. The van der Waals surface area contributed by atoms with E-state index in [0.717, 1.165) is 6.26 Å². The fraction of sp³-hybridized carbons (Fsp3) is 0.222. The van der Waals surface area contributed by atoms with Gasteiger partial charge in [-0.3, -0.25) is 14.9 Å². The molecule has 2 aromatic carbocycles. The second-order valence-electron chi connectivity index (χ2n) is 6.17. The summed E-state index contributed by atoms with van der Waals surface area (Å²) in [4.78, 5) is 34.4. The maximum absolute atomic E-state index is 12.0. The Hall–Kier alpha value is -3.27. The predicted molar refractivity (Wildman–Crippen MR) is 102 cm³/mol. The molecule has 0 fully saturated rings. The lowest BCUT2D eigenvalue weighted by Gasteiger charge is -2.08. The van der Waals surface area contributed by atoms with E-state index < -0.39 is 33.2 Å². The number of hydrogen-bond acceptors (Lipinski definition) is 7. The quantitative estimate of drug-likeness (QED) is 0.423. The number of benzene rings is 2. The minimum absolute atomic E-state index is 0.00165. The summed E-state index contributed by atoms with van der Waals surface area (Å²) < 4.78 is 27.4. The number of ether oxygens (including phenoxy) is 1. The van der Waals surface area contributed by atoms with Crippen molar-refractivity contribution in [3.63, 3.8) is 0 Å². The van der Waals surface area contributed by atoms with Gasteiger partial charge in [-0.2, -0.15) is 0 Å². The number of rotatable bonds is 7. The van der Waals surface area contributed by atoms with Crippen LogP contribution in [0.2, 0.25) is 0 Å². The predicted octanol–water partition coefficient (Wildman–Crippen LogP) is 2.24. The van der Waals surface area contributed by atoms with Crippen molar-refractivity contribution in [3.05, 3.63) is 69.3 Å². The molecule has 1 amide bonds. The van der Waals surface area contributed by atoms with E-state index in [2.05, 4.69) is 5.32 Å². The van der Waals surface area contributed by atoms with Gasteiger partial charge in [-0.1, -0.05) is 18.2 Å². The van der Waals surface area contributed by atoms with Gasteiger partial charge in [-0.25, -0.2) is 13.2 Å². The third kappa shape index (κ3) is 6.16. The molecule has 148 valence electrons. The Morgan fingerprint density at radius 3 is 2.36 bits per heavy atom. The van der Waals surface area contributed by atoms with Gasteiger partial charge < -0.3 is 10.1 Å². The lowest BCUT2D eigenvalue weighted by molar-refractivity contribution is -0.384. The Labute approximate surface area is 161 Å². The molecule has 0 saturated carbocycles. The molecular formula is C18H18N2O7S. The van der Waals surface area contributed by atoms with Crippen LogP contribution in [0.1, 0.15) is 21.5 Å². The Morgan fingerprint density at radius 1 is 1.14 bits per heavy atom. The highest BCUT2D eigenvalue weighted by Gasteiger charge is 2.17. The van der Waals surface area contributed by atoms with Crippen LogP contribution in [0.3, 0.4) is 0 Å². The van der Waals surface area contributed by atoms with Gasteiger partial charge in [0.1, 0.15) is 5.69 Å². The molecule has 10 heteroatoms. The van der Waals surface area contributed by atoms with Crippen LogP contribution in [-0.4, -0.2) is 38.1 Å². The van der Waals surface area contributed by atoms with E-state index >= 15 is 0 Å². The molecule has 0 heterocycles.